The number of rotatable bonds is 2. The van der Waals surface area contributed by atoms with E-state index < -0.39 is 32.9 Å². The van der Waals surface area contributed by atoms with Crippen molar-refractivity contribution >= 4 is 10.0 Å². The van der Waals surface area contributed by atoms with Gasteiger partial charge in [-0.05, 0) is 6.07 Å². The summed E-state index contributed by atoms with van der Waals surface area (Å²) in [6.45, 7) is 0. The van der Waals surface area contributed by atoms with Crippen LogP contribution in [0.5, 0.6) is 0 Å². The molecule has 78 valence electrons. The highest BCUT2D eigenvalue weighted by Gasteiger charge is 2.18. The molecule has 1 rings (SSSR count). The highest BCUT2D eigenvalue weighted by Crippen LogP contribution is 2.20. The Hall–Kier alpha value is -1.15. The number of hydrogen-bond donors (Lipinski definition) is 1. The van der Waals surface area contributed by atoms with Crippen LogP contribution in [0.15, 0.2) is 17.3 Å². The van der Waals surface area contributed by atoms with Gasteiger partial charge in [-0.15, -0.1) is 0 Å². The normalized spacial score (nSPS) is 12.1. The molecule has 0 aliphatic carbocycles. The van der Waals surface area contributed by atoms with Crippen molar-refractivity contribution in [3.63, 3.8) is 0 Å². The standard InChI is InChI=1S/C6H5F3N2O2S/c7-4-1-3(5(8)9)2-11-6(4)14(10,12)13/h1-2,5H,(H2,10,12,13). The predicted octanol–water partition coefficient (Wildman–Crippen LogP) is 0.806. The smallest absolute Gasteiger partial charge is 0.240 e. The van der Waals surface area contributed by atoms with Crippen molar-refractivity contribution in [2.75, 3.05) is 0 Å². The first kappa shape index (κ1) is 10.9. The van der Waals surface area contributed by atoms with E-state index >= 15 is 0 Å². The molecular weight excluding hydrogens is 221 g/mol. The minimum atomic E-state index is -4.31. The summed E-state index contributed by atoms with van der Waals surface area (Å²) in [7, 11) is -4.31. The zero-order chi connectivity index (χ0) is 10.9. The van der Waals surface area contributed by atoms with Crippen LogP contribution in [-0.4, -0.2) is 13.4 Å². The summed E-state index contributed by atoms with van der Waals surface area (Å²) >= 11 is 0. The van der Waals surface area contributed by atoms with Crippen LogP contribution in [-0.2, 0) is 10.0 Å². The minimum absolute atomic E-state index is 0.386. The third-order valence-corrected chi connectivity index (χ3v) is 2.19. The Morgan fingerprint density at radius 3 is 2.36 bits per heavy atom. The largest absolute Gasteiger partial charge is 0.265 e. The molecule has 0 aromatic carbocycles. The van der Waals surface area contributed by atoms with Gasteiger partial charge < -0.3 is 0 Å². The van der Waals surface area contributed by atoms with Gasteiger partial charge in [0.1, 0.15) is 0 Å². The van der Waals surface area contributed by atoms with Gasteiger partial charge in [-0.2, -0.15) is 0 Å². The Bertz CT molecular complexity index is 446. The van der Waals surface area contributed by atoms with Crippen LogP contribution in [0.4, 0.5) is 13.2 Å². The van der Waals surface area contributed by atoms with Crippen molar-refractivity contribution in [3.05, 3.63) is 23.6 Å². The van der Waals surface area contributed by atoms with Crippen molar-refractivity contribution in [3.8, 4) is 0 Å². The molecule has 1 aromatic rings. The number of primary sulfonamides is 1. The summed E-state index contributed by atoms with van der Waals surface area (Å²) < 4.78 is 58.1. The van der Waals surface area contributed by atoms with E-state index in [1.807, 2.05) is 0 Å². The molecule has 4 nitrogen and oxygen atoms in total. The van der Waals surface area contributed by atoms with E-state index in [1.54, 1.807) is 0 Å². The molecule has 0 aliphatic rings. The third kappa shape index (κ3) is 2.20. The van der Waals surface area contributed by atoms with Crippen molar-refractivity contribution in [2.24, 2.45) is 5.14 Å². The first-order chi connectivity index (χ1) is 6.32. The van der Waals surface area contributed by atoms with Crippen LogP contribution in [0.2, 0.25) is 0 Å². The molecule has 0 saturated carbocycles. The van der Waals surface area contributed by atoms with Crippen LogP contribution in [0, 0.1) is 5.82 Å². The number of hydrogen-bond acceptors (Lipinski definition) is 3. The van der Waals surface area contributed by atoms with Gasteiger partial charge >= 0.3 is 0 Å². The first-order valence-corrected chi connectivity index (χ1v) is 4.83. The van der Waals surface area contributed by atoms with E-state index in [9.17, 15) is 21.6 Å². The van der Waals surface area contributed by atoms with Crippen LogP contribution in [0.3, 0.4) is 0 Å². The molecule has 0 unspecified atom stereocenters. The number of halogens is 3. The van der Waals surface area contributed by atoms with Gasteiger partial charge in [0.05, 0.1) is 0 Å². The lowest BCUT2D eigenvalue weighted by Crippen LogP contribution is -2.16. The van der Waals surface area contributed by atoms with Gasteiger partial charge in [0.2, 0.25) is 5.03 Å². The van der Waals surface area contributed by atoms with E-state index in [0.717, 1.165) is 0 Å². The molecule has 0 spiro atoms. The fourth-order valence-electron chi connectivity index (χ4n) is 0.769. The minimum Gasteiger partial charge on any atom is -0.240 e. The summed E-state index contributed by atoms with van der Waals surface area (Å²) in [5.74, 6) is -1.38. The van der Waals surface area contributed by atoms with Crippen LogP contribution in [0.25, 0.3) is 0 Å². The van der Waals surface area contributed by atoms with Gasteiger partial charge in [-0.25, -0.2) is 31.7 Å². The lowest BCUT2D eigenvalue weighted by Gasteiger charge is -2.02. The van der Waals surface area contributed by atoms with E-state index in [-0.39, 0.29) is 0 Å². The molecule has 1 aromatic heterocycles. The number of nitrogens with zero attached hydrogens (tertiary/aromatic N) is 1. The molecule has 2 N–H and O–H groups in total. The first-order valence-electron chi connectivity index (χ1n) is 3.29. The molecule has 1 heterocycles. The Balaban J connectivity index is 3.28. The molecule has 0 radical (unpaired) electrons. The number of pyridine rings is 1. The van der Waals surface area contributed by atoms with Crippen LogP contribution in [0.1, 0.15) is 12.0 Å². The lowest BCUT2D eigenvalue weighted by atomic mass is 10.3. The number of nitrogens with two attached hydrogens (primary N) is 1. The van der Waals surface area contributed by atoms with Crippen molar-refractivity contribution < 1.29 is 21.6 Å². The van der Waals surface area contributed by atoms with Crippen molar-refractivity contribution in [2.45, 2.75) is 11.5 Å². The summed E-state index contributed by atoms with van der Waals surface area (Å²) in [6, 6.07) is 0.386. The predicted molar refractivity (Wildman–Crippen MR) is 40.5 cm³/mol. The van der Waals surface area contributed by atoms with Gasteiger partial charge in [-0.1, -0.05) is 0 Å². The molecule has 0 fully saturated rings. The molecule has 0 atom stereocenters. The fourth-order valence-corrected chi connectivity index (χ4v) is 1.30. The SMILES string of the molecule is NS(=O)(=O)c1ncc(C(F)F)cc1F. The van der Waals surface area contributed by atoms with Gasteiger partial charge in [0.15, 0.2) is 5.82 Å². The summed E-state index contributed by atoms with van der Waals surface area (Å²) in [5.41, 5.74) is -0.699. The van der Waals surface area contributed by atoms with E-state index in [1.165, 1.54) is 0 Å². The maximum absolute atomic E-state index is 12.9. The van der Waals surface area contributed by atoms with E-state index in [4.69, 9.17) is 0 Å². The Morgan fingerprint density at radius 2 is 2.00 bits per heavy atom. The molecule has 0 bridgehead atoms. The van der Waals surface area contributed by atoms with Gasteiger partial charge in [0.25, 0.3) is 16.4 Å². The Morgan fingerprint density at radius 1 is 1.43 bits per heavy atom. The lowest BCUT2D eigenvalue weighted by molar-refractivity contribution is 0.150. The number of alkyl halides is 2. The zero-order valence-corrected chi connectivity index (χ0v) is 7.43. The summed E-state index contributed by atoms with van der Waals surface area (Å²) in [4.78, 5) is 3.00. The quantitative estimate of drug-likeness (QED) is 0.810. The van der Waals surface area contributed by atoms with Crippen molar-refractivity contribution in [1.82, 2.24) is 4.98 Å². The van der Waals surface area contributed by atoms with E-state index in [2.05, 4.69) is 10.1 Å². The number of aromatic nitrogens is 1. The van der Waals surface area contributed by atoms with E-state index in [0.29, 0.717) is 12.3 Å². The van der Waals surface area contributed by atoms with Gasteiger partial charge in [-0.3, -0.25) is 0 Å². The maximum Gasteiger partial charge on any atom is 0.265 e. The molecule has 0 saturated heterocycles. The zero-order valence-electron chi connectivity index (χ0n) is 6.62. The van der Waals surface area contributed by atoms with Crippen LogP contribution < -0.4 is 5.14 Å². The Kier molecular flexibility index (Phi) is 2.76. The maximum atomic E-state index is 12.9. The second-order valence-corrected chi connectivity index (χ2v) is 3.88. The summed E-state index contributed by atoms with van der Waals surface area (Å²) in [5, 5.41) is 3.53. The molecular formula is C6H5F3N2O2S. The van der Waals surface area contributed by atoms with Crippen LogP contribution >= 0.6 is 0 Å². The second-order valence-electron chi connectivity index (χ2n) is 2.40. The molecule has 14 heavy (non-hydrogen) atoms. The van der Waals surface area contributed by atoms with Crippen molar-refractivity contribution in [1.29, 1.82) is 0 Å². The number of sulfonamides is 1. The molecule has 8 heteroatoms. The van der Waals surface area contributed by atoms with Gasteiger partial charge in [0, 0.05) is 11.8 Å². The summed E-state index contributed by atoms with van der Waals surface area (Å²) in [6.07, 6.45) is -2.35. The average Bonchev–Trinajstić information content (AvgIpc) is 2.01. The molecule has 0 aliphatic heterocycles. The fraction of sp³-hybridized carbons (Fsp3) is 0.167. The topological polar surface area (TPSA) is 73.1 Å². The molecule has 0 amide bonds. The highest BCUT2D eigenvalue weighted by molar-refractivity contribution is 7.89. The third-order valence-electron chi connectivity index (χ3n) is 1.35. The Labute approximate surface area is 77.6 Å². The monoisotopic (exact) mass is 226 g/mol. The second kappa shape index (κ2) is 3.54. The average molecular weight is 226 g/mol. The highest BCUT2D eigenvalue weighted by atomic mass is 32.2.